The Labute approximate surface area is 79.4 Å². The highest BCUT2D eigenvalue weighted by Gasteiger charge is 2.18. The number of hydrogen-bond acceptors (Lipinski definition) is 1. The van der Waals surface area contributed by atoms with Crippen LogP contribution in [0.25, 0.3) is 10.4 Å². The van der Waals surface area contributed by atoms with Crippen molar-refractivity contribution in [3.63, 3.8) is 0 Å². The van der Waals surface area contributed by atoms with Crippen LogP contribution < -0.4 is 0 Å². The average Bonchev–Trinajstić information content (AvgIpc) is 1.84. The third kappa shape index (κ3) is 6.55. The van der Waals surface area contributed by atoms with Gasteiger partial charge in [-0.05, 0) is 10.4 Å². The molecule has 0 aliphatic rings. The lowest BCUT2D eigenvalue weighted by molar-refractivity contribution is 0.689. The Hall–Kier alpha value is -0.158. The molecule has 0 N–H and O–H groups in total. The van der Waals surface area contributed by atoms with E-state index in [1.807, 2.05) is 0 Å². The molecule has 12 heavy (non-hydrogen) atoms. The quantitative estimate of drug-likeness (QED) is 0.270. The molecule has 0 amide bonds. The lowest BCUT2D eigenvalue weighted by atomic mass is 10.3. The van der Waals surface area contributed by atoms with Crippen molar-refractivity contribution in [3.8, 4) is 0 Å². The van der Waals surface area contributed by atoms with Crippen molar-refractivity contribution >= 4 is 14.4 Å². The van der Waals surface area contributed by atoms with E-state index in [2.05, 4.69) is 36.7 Å². The van der Waals surface area contributed by atoms with Crippen LogP contribution >= 0.6 is 0 Å². The second-order valence-corrected chi connectivity index (χ2v) is 6.60. The minimum absolute atomic E-state index is 0.672. The van der Waals surface area contributed by atoms with Crippen molar-refractivity contribution in [1.82, 2.24) is 0 Å². The molecule has 0 rings (SSSR count). The minimum atomic E-state index is -1.14. The maximum absolute atomic E-state index is 8.36. The van der Waals surface area contributed by atoms with E-state index < -0.39 is 14.4 Å². The largest absolute Gasteiger partial charge is 0.387 e. The Morgan fingerprint density at radius 3 is 1.83 bits per heavy atom. The van der Waals surface area contributed by atoms with Crippen LogP contribution in [-0.2, 0) is 0 Å². The molecule has 0 aromatic heterocycles. The summed E-state index contributed by atoms with van der Waals surface area (Å²) in [6.45, 7) is 8.75. The number of hydrogen-bond donors (Lipinski definition) is 0. The summed E-state index contributed by atoms with van der Waals surface area (Å²) in [6, 6.07) is 0. The van der Waals surface area contributed by atoms with Gasteiger partial charge in [-0.1, -0.05) is 50.1 Å². The van der Waals surface area contributed by atoms with Crippen LogP contribution in [0.5, 0.6) is 0 Å². The number of rotatable bonds is 5. The van der Waals surface area contributed by atoms with Crippen molar-refractivity contribution in [3.05, 3.63) is 10.4 Å². The van der Waals surface area contributed by atoms with Crippen LogP contribution in [0.1, 0.15) is 27.7 Å². The zero-order valence-electron chi connectivity index (χ0n) is 8.49. The SMILES string of the molecule is CC(C)[CH2][Al]([CH2]C(C)C)[N]=[N+]=[N-]. The summed E-state index contributed by atoms with van der Waals surface area (Å²) in [5, 5.41) is 2.28. The average molecular weight is 183 g/mol. The Kier molecular flexibility index (Phi) is 6.28. The highest BCUT2D eigenvalue weighted by molar-refractivity contribution is 6.56. The number of azide groups is 1. The predicted octanol–water partition coefficient (Wildman–Crippen LogP) is 3.60. The number of nitrogens with zero attached hydrogens (tertiary/aromatic N) is 3. The first kappa shape index (κ1) is 11.8. The van der Waals surface area contributed by atoms with E-state index >= 15 is 0 Å². The molecule has 0 radical (unpaired) electrons. The Morgan fingerprint density at radius 2 is 1.58 bits per heavy atom. The van der Waals surface area contributed by atoms with Crippen molar-refractivity contribution in [2.45, 2.75) is 38.3 Å². The molecule has 0 bridgehead atoms. The second-order valence-electron chi connectivity index (χ2n) is 4.12. The van der Waals surface area contributed by atoms with Gasteiger partial charge in [0.15, 0.2) is 0 Å². The monoisotopic (exact) mass is 183 g/mol. The van der Waals surface area contributed by atoms with E-state index in [9.17, 15) is 0 Å². The molecular formula is C8H18AlN3. The van der Waals surface area contributed by atoms with Gasteiger partial charge in [0.25, 0.3) is 0 Å². The van der Waals surface area contributed by atoms with E-state index in [0.717, 1.165) is 10.6 Å². The Bertz CT molecular complexity index is 152. The van der Waals surface area contributed by atoms with Gasteiger partial charge in [0, 0.05) is 0 Å². The minimum Gasteiger partial charge on any atom is -0.201 e. The van der Waals surface area contributed by atoms with E-state index in [1.165, 1.54) is 0 Å². The molecule has 0 saturated carbocycles. The highest BCUT2D eigenvalue weighted by atomic mass is 27.2. The fourth-order valence-electron chi connectivity index (χ4n) is 1.35. The fourth-order valence-corrected chi connectivity index (χ4v) is 4.06. The van der Waals surface area contributed by atoms with E-state index in [0.29, 0.717) is 11.8 Å². The first-order chi connectivity index (χ1) is 5.56. The van der Waals surface area contributed by atoms with Gasteiger partial charge in [-0.2, -0.15) is 0 Å². The van der Waals surface area contributed by atoms with Crippen molar-refractivity contribution in [1.29, 1.82) is 0 Å². The zero-order valence-corrected chi connectivity index (χ0v) is 9.64. The predicted molar refractivity (Wildman–Crippen MR) is 54.2 cm³/mol. The molecule has 0 spiro atoms. The summed E-state index contributed by atoms with van der Waals surface area (Å²) >= 11 is -1.14. The van der Waals surface area contributed by atoms with E-state index in [-0.39, 0.29) is 0 Å². The first-order valence-corrected chi connectivity index (χ1v) is 6.75. The van der Waals surface area contributed by atoms with Gasteiger partial charge >= 0.3 is 14.4 Å². The maximum atomic E-state index is 8.36. The summed E-state index contributed by atoms with van der Waals surface area (Å²) in [5.74, 6) is 1.34. The molecule has 0 aromatic carbocycles. The summed E-state index contributed by atoms with van der Waals surface area (Å²) in [6.07, 6.45) is 0. The Balaban J connectivity index is 3.95. The standard InChI is InChI=1S/2C4H9.Al.N3/c2*1-4(2)3;;1-3-2/h2*4H,1H2,2-3H3;;/q;;+1;-1. The van der Waals surface area contributed by atoms with Crippen molar-refractivity contribution < 1.29 is 0 Å². The molecule has 68 valence electrons. The van der Waals surface area contributed by atoms with Crippen LogP contribution in [0, 0.1) is 11.8 Å². The van der Waals surface area contributed by atoms with Crippen molar-refractivity contribution in [2.75, 3.05) is 0 Å². The molecule has 0 saturated heterocycles. The van der Waals surface area contributed by atoms with Crippen LogP contribution in [-0.4, -0.2) is 14.4 Å². The van der Waals surface area contributed by atoms with Crippen molar-refractivity contribution in [2.24, 2.45) is 15.9 Å². The molecule has 0 aliphatic carbocycles. The van der Waals surface area contributed by atoms with Crippen LogP contribution in [0.15, 0.2) is 4.10 Å². The normalized spacial score (nSPS) is 10.2. The summed E-state index contributed by atoms with van der Waals surface area (Å²) < 4.78 is 3.92. The van der Waals surface area contributed by atoms with E-state index in [4.69, 9.17) is 5.53 Å². The zero-order chi connectivity index (χ0) is 9.56. The molecule has 0 unspecified atom stereocenters. The second kappa shape index (κ2) is 6.37. The third-order valence-corrected chi connectivity index (χ3v) is 5.11. The molecule has 0 atom stereocenters. The molecule has 0 heterocycles. The summed E-state index contributed by atoms with van der Waals surface area (Å²) in [5.41, 5.74) is 8.36. The van der Waals surface area contributed by atoms with Crippen LogP contribution in [0.4, 0.5) is 0 Å². The lowest BCUT2D eigenvalue weighted by Gasteiger charge is -2.10. The van der Waals surface area contributed by atoms with Crippen LogP contribution in [0.3, 0.4) is 0 Å². The Morgan fingerprint density at radius 1 is 1.17 bits per heavy atom. The van der Waals surface area contributed by atoms with Gasteiger partial charge < -0.3 is 0 Å². The smallest absolute Gasteiger partial charge is 0.201 e. The molecule has 3 nitrogen and oxygen atoms in total. The van der Waals surface area contributed by atoms with Gasteiger partial charge in [-0.25, -0.2) is 4.10 Å². The topological polar surface area (TPSA) is 48.8 Å². The maximum Gasteiger partial charge on any atom is 0.387 e. The van der Waals surface area contributed by atoms with Gasteiger partial charge in [0.2, 0.25) is 0 Å². The highest BCUT2D eigenvalue weighted by Crippen LogP contribution is 2.15. The van der Waals surface area contributed by atoms with Gasteiger partial charge in [-0.3, -0.25) is 0 Å². The first-order valence-electron chi connectivity index (χ1n) is 4.60. The molecule has 0 fully saturated rings. The summed E-state index contributed by atoms with van der Waals surface area (Å²) in [4.78, 5) is 2.93. The molecule has 4 heteroatoms. The summed E-state index contributed by atoms with van der Waals surface area (Å²) in [7, 11) is 0. The fraction of sp³-hybridized carbons (Fsp3) is 1.00. The third-order valence-electron chi connectivity index (χ3n) is 1.70. The van der Waals surface area contributed by atoms with Gasteiger partial charge in [-0.15, -0.1) is 0 Å². The molecular weight excluding hydrogens is 165 g/mol. The van der Waals surface area contributed by atoms with Crippen LogP contribution in [0.2, 0.25) is 10.6 Å². The van der Waals surface area contributed by atoms with E-state index in [1.54, 1.807) is 0 Å². The lowest BCUT2D eigenvalue weighted by Crippen LogP contribution is -2.14. The van der Waals surface area contributed by atoms with Gasteiger partial charge in [0.05, 0.1) is 0 Å². The molecule has 0 aromatic rings. The van der Waals surface area contributed by atoms with Gasteiger partial charge in [0.1, 0.15) is 0 Å². The molecule has 0 aliphatic heterocycles.